The third kappa shape index (κ3) is 4.75. The number of nitrogens with one attached hydrogen (secondary N) is 1. The maximum Gasteiger partial charge on any atom is 0.159 e. The Labute approximate surface area is 184 Å². The lowest BCUT2D eigenvalue weighted by Gasteiger charge is -2.30. The second-order valence-corrected chi connectivity index (χ2v) is 8.50. The minimum atomic E-state index is 0.779. The van der Waals surface area contributed by atoms with Crippen LogP contribution in [-0.4, -0.2) is 57.9 Å². The van der Waals surface area contributed by atoms with Crippen LogP contribution in [0.5, 0.6) is 0 Å². The monoisotopic (exact) mass is 425 g/mol. The van der Waals surface area contributed by atoms with Crippen molar-refractivity contribution >= 4 is 16.7 Å². The molecule has 4 rings (SSSR count). The molecular formula is C23H35N7O. The third-order valence-electron chi connectivity index (χ3n) is 6.19. The normalized spacial score (nSPS) is 13.9. The fourth-order valence-electron chi connectivity index (χ4n) is 4.52. The smallest absolute Gasteiger partial charge is 0.159 e. The molecule has 0 aliphatic carbocycles. The molecular weight excluding hydrogens is 390 g/mol. The van der Waals surface area contributed by atoms with Crippen molar-refractivity contribution in [3.8, 4) is 0 Å². The van der Waals surface area contributed by atoms with Gasteiger partial charge >= 0.3 is 0 Å². The first-order valence-electron chi connectivity index (χ1n) is 11.4. The van der Waals surface area contributed by atoms with Crippen LogP contribution in [0.3, 0.4) is 0 Å². The summed E-state index contributed by atoms with van der Waals surface area (Å²) in [5.41, 5.74) is 7.17. The first-order chi connectivity index (χ1) is 15.1. The summed E-state index contributed by atoms with van der Waals surface area (Å²) < 4.78 is 9.18. The lowest BCUT2D eigenvalue weighted by molar-refractivity contribution is 0.199. The van der Waals surface area contributed by atoms with Crippen LogP contribution >= 0.6 is 0 Å². The maximum absolute atomic E-state index is 5.06. The van der Waals surface area contributed by atoms with Gasteiger partial charge in [-0.05, 0) is 39.3 Å². The summed E-state index contributed by atoms with van der Waals surface area (Å²) in [6.45, 7) is 9.88. The molecule has 0 radical (unpaired) electrons. The summed E-state index contributed by atoms with van der Waals surface area (Å²) in [5, 5.41) is 13.9. The molecule has 0 unspecified atom stereocenters. The van der Waals surface area contributed by atoms with Crippen molar-refractivity contribution < 1.29 is 4.74 Å². The number of pyridine rings is 1. The second-order valence-electron chi connectivity index (χ2n) is 8.50. The molecule has 0 saturated heterocycles. The van der Waals surface area contributed by atoms with Gasteiger partial charge in [0.25, 0.3) is 0 Å². The second kappa shape index (κ2) is 9.78. The van der Waals surface area contributed by atoms with Crippen molar-refractivity contribution in [1.82, 2.24) is 29.9 Å². The number of aryl methyl sites for hydroxylation is 4. The van der Waals surface area contributed by atoms with Gasteiger partial charge < -0.3 is 15.0 Å². The minimum Gasteiger partial charge on any atom is -0.383 e. The number of ether oxygens (including phenoxy) is 1. The van der Waals surface area contributed by atoms with Crippen molar-refractivity contribution in [2.45, 2.75) is 52.6 Å². The van der Waals surface area contributed by atoms with Crippen molar-refractivity contribution in [3.05, 3.63) is 34.9 Å². The Bertz CT molecular complexity index is 1020. The molecule has 0 bridgehead atoms. The van der Waals surface area contributed by atoms with Gasteiger partial charge in [-0.3, -0.25) is 9.36 Å². The number of hydrogen-bond acceptors (Lipinski definition) is 6. The zero-order valence-electron chi connectivity index (χ0n) is 19.3. The van der Waals surface area contributed by atoms with E-state index in [1.807, 2.05) is 17.9 Å². The maximum atomic E-state index is 5.06. The number of hydrogen-bond donors (Lipinski definition) is 1. The quantitative estimate of drug-likeness (QED) is 0.504. The van der Waals surface area contributed by atoms with E-state index in [2.05, 4.69) is 44.9 Å². The molecule has 8 nitrogen and oxygen atoms in total. The van der Waals surface area contributed by atoms with E-state index in [1.165, 1.54) is 36.2 Å². The van der Waals surface area contributed by atoms with Gasteiger partial charge in [0.1, 0.15) is 0 Å². The number of unbranched alkanes of at least 4 members (excludes halogenated alkanes) is 2. The third-order valence-corrected chi connectivity index (χ3v) is 6.19. The van der Waals surface area contributed by atoms with Crippen LogP contribution in [0.2, 0.25) is 0 Å². The predicted molar refractivity (Wildman–Crippen MR) is 124 cm³/mol. The highest BCUT2D eigenvalue weighted by molar-refractivity contribution is 5.89. The highest BCUT2D eigenvalue weighted by atomic mass is 16.5. The van der Waals surface area contributed by atoms with Gasteiger partial charge in [0, 0.05) is 63.7 Å². The van der Waals surface area contributed by atoms with E-state index >= 15 is 0 Å². The van der Waals surface area contributed by atoms with Crippen LogP contribution in [-0.2, 0) is 31.3 Å². The van der Waals surface area contributed by atoms with Crippen molar-refractivity contribution in [2.75, 3.05) is 38.3 Å². The van der Waals surface area contributed by atoms with Gasteiger partial charge in [-0.15, -0.1) is 0 Å². The molecule has 0 fully saturated rings. The average Bonchev–Trinajstić information content (AvgIpc) is 3.29. The Hall–Kier alpha value is -2.45. The fraction of sp³-hybridized carbons (Fsp3) is 0.609. The molecule has 0 saturated carbocycles. The van der Waals surface area contributed by atoms with Crippen LogP contribution in [0.15, 0.2) is 12.3 Å². The van der Waals surface area contributed by atoms with Gasteiger partial charge in [-0.2, -0.15) is 10.2 Å². The van der Waals surface area contributed by atoms with E-state index in [9.17, 15) is 0 Å². The summed E-state index contributed by atoms with van der Waals surface area (Å²) in [7, 11) is 3.70. The summed E-state index contributed by atoms with van der Waals surface area (Å²) in [6, 6.07) is 2.19. The zero-order chi connectivity index (χ0) is 21.8. The van der Waals surface area contributed by atoms with Gasteiger partial charge in [0.05, 0.1) is 29.6 Å². The number of nitrogens with zero attached hydrogens (tertiary/aromatic N) is 6. The molecule has 1 aliphatic rings. The van der Waals surface area contributed by atoms with E-state index in [1.54, 1.807) is 7.11 Å². The first kappa shape index (κ1) is 21.8. The summed E-state index contributed by atoms with van der Waals surface area (Å²) >= 11 is 0. The number of methoxy groups -OCH3 is 1. The summed E-state index contributed by atoms with van der Waals surface area (Å²) in [6.07, 6.45) is 6.55. The Kier molecular flexibility index (Phi) is 6.87. The van der Waals surface area contributed by atoms with Crippen molar-refractivity contribution in [2.24, 2.45) is 7.05 Å². The van der Waals surface area contributed by atoms with Crippen LogP contribution in [0.25, 0.3) is 11.0 Å². The molecule has 1 N–H and O–H groups in total. The number of fused-ring (bicyclic) bond motifs is 2. The number of anilines is 1. The topological polar surface area (TPSA) is 73.0 Å². The highest BCUT2D eigenvalue weighted by Crippen LogP contribution is 2.32. The molecule has 31 heavy (non-hydrogen) atoms. The number of aromatic nitrogens is 5. The molecule has 4 heterocycles. The van der Waals surface area contributed by atoms with E-state index in [0.29, 0.717) is 0 Å². The first-order valence-corrected chi connectivity index (χ1v) is 11.4. The van der Waals surface area contributed by atoms with Crippen LogP contribution in [0.4, 0.5) is 5.69 Å². The Morgan fingerprint density at radius 3 is 2.87 bits per heavy atom. The van der Waals surface area contributed by atoms with E-state index in [0.717, 1.165) is 68.2 Å². The van der Waals surface area contributed by atoms with Crippen LogP contribution in [0.1, 0.15) is 41.9 Å². The van der Waals surface area contributed by atoms with Crippen LogP contribution < -0.4 is 10.2 Å². The van der Waals surface area contributed by atoms with Crippen molar-refractivity contribution in [1.29, 1.82) is 0 Å². The predicted octanol–water partition coefficient (Wildman–Crippen LogP) is 2.75. The molecule has 8 heteroatoms. The molecule has 1 aliphatic heterocycles. The zero-order valence-corrected chi connectivity index (χ0v) is 19.3. The van der Waals surface area contributed by atoms with Crippen molar-refractivity contribution in [3.63, 3.8) is 0 Å². The van der Waals surface area contributed by atoms with E-state index in [-0.39, 0.29) is 0 Å². The largest absolute Gasteiger partial charge is 0.383 e. The molecule has 0 aromatic carbocycles. The van der Waals surface area contributed by atoms with Gasteiger partial charge in [-0.1, -0.05) is 6.42 Å². The molecule has 0 atom stereocenters. The lowest BCUT2D eigenvalue weighted by Crippen LogP contribution is -2.31. The molecule has 0 amide bonds. The Morgan fingerprint density at radius 2 is 2.03 bits per heavy atom. The molecule has 3 aromatic heterocycles. The van der Waals surface area contributed by atoms with Gasteiger partial charge in [0.2, 0.25) is 0 Å². The Balaban J connectivity index is 1.39. The van der Waals surface area contributed by atoms with Gasteiger partial charge in [-0.25, -0.2) is 4.98 Å². The molecule has 168 valence electrons. The Morgan fingerprint density at radius 1 is 1.16 bits per heavy atom. The van der Waals surface area contributed by atoms with E-state index < -0.39 is 0 Å². The fourth-order valence-corrected chi connectivity index (χ4v) is 4.52. The summed E-state index contributed by atoms with van der Waals surface area (Å²) in [4.78, 5) is 7.14. The minimum absolute atomic E-state index is 0.779. The van der Waals surface area contributed by atoms with E-state index in [4.69, 9.17) is 9.84 Å². The SMILES string of the molecule is COCCNCCCCCn1nc(C)c2c1CCN(c1cc(C)nc3c1cnn3C)C2. The summed E-state index contributed by atoms with van der Waals surface area (Å²) in [5.74, 6) is 0. The lowest BCUT2D eigenvalue weighted by atomic mass is 10.0. The molecule has 3 aromatic rings. The number of rotatable bonds is 10. The van der Waals surface area contributed by atoms with Crippen LogP contribution in [0, 0.1) is 13.8 Å². The van der Waals surface area contributed by atoms with Gasteiger partial charge in [0.15, 0.2) is 5.65 Å². The highest BCUT2D eigenvalue weighted by Gasteiger charge is 2.25. The standard InChI is InChI=1S/C23H35N7O/c1-17-14-22(19-15-25-28(3)23(19)26-17)29-12-8-21-20(16-29)18(2)27-30(21)11-7-5-6-9-24-10-13-31-4/h14-15,24H,5-13,16H2,1-4H3. The average molecular weight is 426 g/mol. The molecule has 0 spiro atoms.